The van der Waals surface area contributed by atoms with E-state index in [0.29, 0.717) is 18.8 Å². The van der Waals surface area contributed by atoms with Crippen LogP contribution in [0.25, 0.3) is 32.9 Å². The zero-order valence-electron chi connectivity index (χ0n) is 20.2. The molecule has 0 amide bonds. The number of anilines is 1. The number of aromatic hydroxyl groups is 1. The maximum atomic E-state index is 13.3. The number of nitrogens with zero attached hydrogens (tertiary/aromatic N) is 1. The number of benzene rings is 5. The number of hydrogen-bond acceptors (Lipinski definition) is 4. The lowest BCUT2D eigenvalue weighted by atomic mass is 10.0. The van der Waals surface area contributed by atoms with Gasteiger partial charge in [0.15, 0.2) is 5.69 Å². The smallest absolute Gasteiger partial charge is 0.363 e. The maximum Gasteiger partial charge on any atom is 0.363 e. The SMILES string of the molecule is O=c1oc(-c2ccccc2)cc(O)c1N(Cc1ccc2ccccc2c1)Cc1ccc2ccccc2c1. The number of fused-ring (bicyclic) bond motifs is 2. The molecule has 4 heteroatoms. The van der Waals surface area contributed by atoms with Gasteiger partial charge in [-0.25, -0.2) is 4.79 Å². The molecule has 180 valence electrons. The molecule has 6 aromatic rings. The minimum absolute atomic E-state index is 0.100. The van der Waals surface area contributed by atoms with E-state index in [4.69, 9.17) is 4.42 Å². The molecular formula is C33H25NO3. The van der Waals surface area contributed by atoms with Crippen LogP contribution in [0.15, 0.2) is 131 Å². The van der Waals surface area contributed by atoms with Crippen molar-refractivity contribution in [3.05, 3.63) is 143 Å². The minimum Gasteiger partial charge on any atom is -0.505 e. The normalized spacial score (nSPS) is 11.1. The van der Waals surface area contributed by atoms with Crippen LogP contribution in [0.5, 0.6) is 5.75 Å². The van der Waals surface area contributed by atoms with Gasteiger partial charge in [0.05, 0.1) is 0 Å². The molecule has 0 saturated heterocycles. The zero-order valence-corrected chi connectivity index (χ0v) is 20.2. The number of hydrogen-bond donors (Lipinski definition) is 1. The molecule has 0 radical (unpaired) electrons. The van der Waals surface area contributed by atoms with E-state index in [2.05, 4.69) is 60.7 Å². The van der Waals surface area contributed by atoms with Gasteiger partial charge < -0.3 is 14.4 Å². The summed E-state index contributed by atoms with van der Waals surface area (Å²) in [6.45, 7) is 0.862. The predicted molar refractivity (Wildman–Crippen MR) is 150 cm³/mol. The molecule has 1 N–H and O–H groups in total. The minimum atomic E-state index is -0.569. The highest BCUT2D eigenvalue weighted by Crippen LogP contribution is 2.32. The van der Waals surface area contributed by atoms with Gasteiger partial charge in [-0.2, -0.15) is 0 Å². The van der Waals surface area contributed by atoms with Crippen LogP contribution in [0.4, 0.5) is 5.69 Å². The van der Waals surface area contributed by atoms with Gasteiger partial charge >= 0.3 is 5.63 Å². The molecule has 37 heavy (non-hydrogen) atoms. The number of rotatable bonds is 6. The van der Waals surface area contributed by atoms with Crippen molar-refractivity contribution in [1.29, 1.82) is 0 Å². The summed E-state index contributed by atoms with van der Waals surface area (Å²) in [4.78, 5) is 15.2. The topological polar surface area (TPSA) is 53.7 Å². The fourth-order valence-corrected chi connectivity index (χ4v) is 4.84. The summed E-state index contributed by atoms with van der Waals surface area (Å²) >= 11 is 0. The van der Waals surface area contributed by atoms with Gasteiger partial charge in [-0.1, -0.05) is 103 Å². The molecule has 0 aliphatic carbocycles. The highest BCUT2D eigenvalue weighted by molar-refractivity contribution is 5.84. The van der Waals surface area contributed by atoms with Crippen LogP contribution >= 0.6 is 0 Å². The van der Waals surface area contributed by atoms with E-state index in [9.17, 15) is 9.90 Å². The Morgan fingerprint density at radius 1 is 0.595 bits per heavy atom. The van der Waals surface area contributed by atoms with Gasteiger partial charge in [-0.3, -0.25) is 0 Å². The average molecular weight is 484 g/mol. The van der Waals surface area contributed by atoms with E-state index in [0.717, 1.165) is 38.2 Å². The average Bonchev–Trinajstić information content (AvgIpc) is 2.93. The lowest BCUT2D eigenvalue weighted by Crippen LogP contribution is -2.27. The summed E-state index contributed by atoms with van der Waals surface area (Å²) in [5.41, 5.74) is 2.38. The Balaban J connectivity index is 1.42. The molecule has 0 bridgehead atoms. The second-order valence-electron chi connectivity index (χ2n) is 9.22. The summed E-state index contributed by atoms with van der Waals surface area (Å²) in [5, 5.41) is 15.7. The van der Waals surface area contributed by atoms with Crippen LogP contribution in [0, 0.1) is 0 Å². The van der Waals surface area contributed by atoms with E-state index in [1.54, 1.807) is 0 Å². The van der Waals surface area contributed by atoms with E-state index in [1.807, 2.05) is 59.5 Å². The Bertz CT molecular complexity index is 1690. The van der Waals surface area contributed by atoms with Crippen molar-refractivity contribution in [2.75, 3.05) is 4.90 Å². The van der Waals surface area contributed by atoms with Gasteiger partial charge in [0.25, 0.3) is 0 Å². The molecule has 4 nitrogen and oxygen atoms in total. The van der Waals surface area contributed by atoms with Crippen LogP contribution in [-0.2, 0) is 13.1 Å². The Morgan fingerprint density at radius 3 is 1.65 bits per heavy atom. The second-order valence-corrected chi connectivity index (χ2v) is 9.22. The van der Waals surface area contributed by atoms with Crippen molar-refractivity contribution >= 4 is 27.2 Å². The molecule has 1 heterocycles. The molecule has 0 unspecified atom stereocenters. The lowest BCUT2D eigenvalue weighted by Gasteiger charge is -2.25. The van der Waals surface area contributed by atoms with E-state index >= 15 is 0 Å². The molecule has 0 saturated carbocycles. The van der Waals surface area contributed by atoms with Crippen molar-refractivity contribution in [3.63, 3.8) is 0 Å². The first kappa shape index (κ1) is 22.6. The highest BCUT2D eigenvalue weighted by Gasteiger charge is 2.20. The van der Waals surface area contributed by atoms with E-state index in [1.165, 1.54) is 6.07 Å². The third-order valence-electron chi connectivity index (χ3n) is 6.66. The summed E-state index contributed by atoms with van der Waals surface area (Å²) in [5.74, 6) is 0.236. The summed E-state index contributed by atoms with van der Waals surface area (Å²) in [6.07, 6.45) is 0. The van der Waals surface area contributed by atoms with Crippen LogP contribution < -0.4 is 10.5 Å². The van der Waals surface area contributed by atoms with Crippen molar-refractivity contribution in [3.8, 4) is 17.1 Å². The first-order valence-electron chi connectivity index (χ1n) is 12.3. The van der Waals surface area contributed by atoms with Gasteiger partial charge in [0.1, 0.15) is 11.5 Å². The summed E-state index contributed by atoms with van der Waals surface area (Å²) in [6, 6.07) is 39.8. The molecule has 1 aromatic heterocycles. The third kappa shape index (κ3) is 4.69. The maximum absolute atomic E-state index is 13.3. The van der Waals surface area contributed by atoms with Gasteiger partial charge in [-0.15, -0.1) is 0 Å². The first-order valence-corrected chi connectivity index (χ1v) is 12.3. The largest absolute Gasteiger partial charge is 0.505 e. The Hall–Kier alpha value is -4.83. The van der Waals surface area contributed by atoms with Crippen molar-refractivity contribution in [1.82, 2.24) is 0 Å². The predicted octanol–water partition coefficient (Wildman–Crippen LogP) is 7.53. The van der Waals surface area contributed by atoms with Crippen LogP contribution in [0.3, 0.4) is 0 Å². The molecule has 6 rings (SSSR count). The van der Waals surface area contributed by atoms with Crippen LogP contribution in [0.2, 0.25) is 0 Å². The molecule has 5 aromatic carbocycles. The van der Waals surface area contributed by atoms with Crippen LogP contribution in [0.1, 0.15) is 11.1 Å². The van der Waals surface area contributed by atoms with Crippen molar-refractivity contribution in [2.45, 2.75) is 13.1 Å². The molecule has 0 aliphatic rings. The Morgan fingerprint density at radius 2 is 1.11 bits per heavy atom. The Kier molecular flexibility index (Phi) is 5.91. The van der Waals surface area contributed by atoms with E-state index in [-0.39, 0.29) is 11.4 Å². The third-order valence-corrected chi connectivity index (χ3v) is 6.66. The van der Waals surface area contributed by atoms with Crippen molar-refractivity contribution in [2.24, 2.45) is 0 Å². The fourth-order valence-electron chi connectivity index (χ4n) is 4.84. The first-order chi connectivity index (χ1) is 18.1. The molecule has 0 aliphatic heterocycles. The Labute approximate surface area is 214 Å². The van der Waals surface area contributed by atoms with Gasteiger partial charge in [0.2, 0.25) is 0 Å². The van der Waals surface area contributed by atoms with Gasteiger partial charge in [-0.05, 0) is 44.8 Å². The van der Waals surface area contributed by atoms with Crippen LogP contribution in [-0.4, -0.2) is 5.11 Å². The standard InChI is InChI=1S/C33H25NO3/c35-30-20-31(27-10-2-1-3-11-27)37-33(36)32(30)34(21-23-14-16-25-8-4-6-12-28(25)18-23)22-24-15-17-26-9-5-7-13-29(26)19-24/h1-20,35H,21-22H2. The highest BCUT2D eigenvalue weighted by atomic mass is 16.4. The molecule has 0 fully saturated rings. The summed E-state index contributed by atoms with van der Waals surface area (Å²) in [7, 11) is 0. The monoisotopic (exact) mass is 483 g/mol. The fraction of sp³-hybridized carbons (Fsp3) is 0.0606. The molecule has 0 atom stereocenters. The van der Waals surface area contributed by atoms with Gasteiger partial charge in [0, 0.05) is 24.7 Å². The quantitative estimate of drug-likeness (QED) is 0.266. The second kappa shape index (κ2) is 9.67. The molecule has 0 spiro atoms. The zero-order chi connectivity index (χ0) is 25.2. The lowest BCUT2D eigenvalue weighted by molar-refractivity contribution is 0.450. The molecular weight excluding hydrogens is 458 g/mol. The summed E-state index contributed by atoms with van der Waals surface area (Å²) < 4.78 is 5.71. The van der Waals surface area contributed by atoms with Crippen molar-refractivity contribution < 1.29 is 9.52 Å². The van der Waals surface area contributed by atoms with E-state index < -0.39 is 5.63 Å².